The largest absolute Gasteiger partial charge is 0.309 e. The molecule has 3 heterocycles. The van der Waals surface area contributed by atoms with Gasteiger partial charge in [0.15, 0.2) is 11.3 Å². The van der Waals surface area contributed by atoms with Gasteiger partial charge >= 0.3 is 0 Å². The highest BCUT2D eigenvalue weighted by atomic mass is 15.0. The van der Waals surface area contributed by atoms with Crippen LogP contribution >= 0.6 is 0 Å². The number of rotatable bonds is 4. The standard InChI is InChI=1S/C44H27N5/c1-3-9-28(10-4-1)34-18-20-39-37(26-34)38-25-30-13-7-8-14-31(30)27-40(38)49(39)36-19-17-32-23-35(16-15-33(32)24-36)42-41(29-11-5-2-6-12-29)47-43-44(48-42)46-22-21-45-43/h1-27H. The lowest BCUT2D eigenvalue weighted by Crippen LogP contribution is -1.98. The molecule has 0 N–H and O–H groups in total. The van der Waals surface area contributed by atoms with Crippen LogP contribution in [-0.4, -0.2) is 24.5 Å². The third-order valence-corrected chi connectivity index (χ3v) is 9.46. The number of hydrogen-bond donors (Lipinski definition) is 0. The Balaban J connectivity index is 1.15. The molecule has 0 unspecified atom stereocenters. The van der Waals surface area contributed by atoms with Crippen molar-refractivity contribution in [2.24, 2.45) is 0 Å². The van der Waals surface area contributed by atoms with Crippen LogP contribution in [0.15, 0.2) is 164 Å². The van der Waals surface area contributed by atoms with Crippen LogP contribution in [0, 0.1) is 0 Å². The third kappa shape index (κ3) is 4.55. The predicted octanol–water partition coefficient (Wildman–Crippen LogP) is 10.8. The van der Waals surface area contributed by atoms with E-state index in [4.69, 9.17) is 9.97 Å². The Morgan fingerprint density at radius 2 is 0.939 bits per heavy atom. The molecule has 0 aliphatic rings. The summed E-state index contributed by atoms with van der Waals surface area (Å²) < 4.78 is 2.40. The van der Waals surface area contributed by atoms with Crippen molar-refractivity contribution in [3.63, 3.8) is 0 Å². The first kappa shape index (κ1) is 27.4. The molecule has 0 saturated carbocycles. The first-order valence-electron chi connectivity index (χ1n) is 16.4. The fourth-order valence-electron chi connectivity index (χ4n) is 7.11. The molecule has 0 saturated heterocycles. The highest BCUT2D eigenvalue weighted by Gasteiger charge is 2.17. The Kier molecular flexibility index (Phi) is 6.11. The fourth-order valence-corrected chi connectivity index (χ4v) is 7.11. The maximum Gasteiger partial charge on any atom is 0.198 e. The van der Waals surface area contributed by atoms with Crippen LogP contribution in [0.5, 0.6) is 0 Å². The molecule has 10 rings (SSSR count). The van der Waals surface area contributed by atoms with Gasteiger partial charge in [-0.25, -0.2) is 19.9 Å². The van der Waals surface area contributed by atoms with E-state index in [1.54, 1.807) is 12.4 Å². The molecule has 49 heavy (non-hydrogen) atoms. The molecule has 0 fully saturated rings. The highest BCUT2D eigenvalue weighted by molar-refractivity contribution is 6.14. The summed E-state index contributed by atoms with van der Waals surface area (Å²) in [6, 6.07) is 54.1. The summed E-state index contributed by atoms with van der Waals surface area (Å²) in [4.78, 5) is 18.8. The Morgan fingerprint density at radius 1 is 0.367 bits per heavy atom. The number of nitrogens with zero attached hydrogens (tertiary/aromatic N) is 5. The van der Waals surface area contributed by atoms with E-state index in [9.17, 15) is 0 Å². The lowest BCUT2D eigenvalue weighted by atomic mass is 10.0. The molecule has 0 aliphatic carbocycles. The van der Waals surface area contributed by atoms with E-state index in [0.29, 0.717) is 11.3 Å². The average molecular weight is 626 g/mol. The molecule has 0 spiro atoms. The zero-order valence-electron chi connectivity index (χ0n) is 26.3. The van der Waals surface area contributed by atoms with Crippen LogP contribution in [0.3, 0.4) is 0 Å². The second-order valence-electron chi connectivity index (χ2n) is 12.4. The first-order chi connectivity index (χ1) is 24.3. The molecule has 0 aliphatic heterocycles. The fraction of sp³-hybridized carbons (Fsp3) is 0. The molecule has 228 valence electrons. The van der Waals surface area contributed by atoms with Crippen molar-refractivity contribution < 1.29 is 0 Å². The van der Waals surface area contributed by atoms with Gasteiger partial charge in [-0.05, 0) is 75.1 Å². The van der Waals surface area contributed by atoms with Gasteiger partial charge in [-0.15, -0.1) is 0 Å². The van der Waals surface area contributed by atoms with Crippen molar-refractivity contribution in [2.75, 3.05) is 0 Å². The van der Waals surface area contributed by atoms with E-state index in [2.05, 4.69) is 148 Å². The molecular weight excluding hydrogens is 599 g/mol. The van der Waals surface area contributed by atoms with E-state index in [0.717, 1.165) is 39.0 Å². The van der Waals surface area contributed by atoms with Crippen LogP contribution in [-0.2, 0) is 0 Å². The monoisotopic (exact) mass is 625 g/mol. The molecule has 7 aromatic carbocycles. The minimum Gasteiger partial charge on any atom is -0.309 e. The van der Waals surface area contributed by atoms with Gasteiger partial charge in [0, 0.05) is 40.0 Å². The molecule has 0 radical (unpaired) electrons. The Hall–Kier alpha value is -6.72. The Labute approximate surface area is 281 Å². The van der Waals surface area contributed by atoms with Crippen LogP contribution in [0.1, 0.15) is 0 Å². The molecule has 3 aromatic heterocycles. The first-order valence-corrected chi connectivity index (χ1v) is 16.4. The van der Waals surface area contributed by atoms with Gasteiger partial charge in [0.1, 0.15) is 0 Å². The van der Waals surface area contributed by atoms with Crippen LogP contribution in [0.4, 0.5) is 0 Å². The Bertz CT molecular complexity index is 2880. The predicted molar refractivity (Wildman–Crippen MR) is 201 cm³/mol. The van der Waals surface area contributed by atoms with Crippen molar-refractivity contribution in [3.8, 4) is 39.3 Å². The van der Waals surface area contributed by atoms with Gasteiger partial charge in [0.25, 0.3) is 0 Å². The normalized spacial score (nSPS) is 11.7. The van der Waals surface area contributed by atoms with E-state index in [-0.39, 0.29) is 0 Å². The molecular formula is C44H27N5. The number of fused-ring (bicyclic) bond motifs is 6. The van der Waals surface area contributed by atoms with E-state index < -0.39 is 0 Å². The van der Waals surface area contributed by atoms with Crippen LogP contribution in [0.25, 0.3) is 94.0 Å². The van der Waals surface area contributed by atoms with E-state index in [1.807, 2.05) is 18.2 Å². The zero-order valence-corrected chi connectivity index (χ0v) is 26.3. The van der Waals surface area contributed by atoms with Gasteiger partial charge in [0.2, 0.25) is 0 Å². The van der Waals surface area contributed by atoms with E-state index in [1.165, 1.54) is 43.7 Å². The molecule has 5 nitrogen and oxygen atoms in total. The van der Waals surface area contributed by atoms with Gasteiger partial charge in [-0.3, -0.25) is 0 Å². The van der Waals surface area contributed by atoms with Crippen molar-refractivity contribution in [1.29, 1.82) is 0 Å². The maximum atomic E-state index is 4.97. The minimum absolute atomic E-state index is 0.530. The zero-order chi connectivity index (χ0) is 32.3. The van der Waals surface area contributed by atoms with Crippen LogP contribution < -0.4 is 0 Å². The van der Waals surface area contributed by atoms with Crippen molar-refractivity contribution in [2.45, 2.75) is 0 Å². The number of aromatic nitrogens is 5. The lowest BCUT2D eigenvalue weighted by molar-refractivity contribution is 1.16. The van der Waals surface area contributed by atoms with Gasteiger partial charge < -0.3 is 4.57 Å². The summed E-state index contributed by atoms with van der Waals surface area (Å²) in [5.41, 5.74) is 10.5. The highest BCUT2D eigenvalue weighted by Crippen LogP contribution is 2.38. The molecule has 0 atom stereocenters. The SMILES string of the molecule is c1ccc(-c2ccc3c(c2)c2cc4ccccc4cc2n3-c2ccc3cc(-c4nc5nccnc5nc4-c4ccccc4)ccc3c2)cc1. The summed E-state index contributed by atoms with van der Waals surface area (Å²) >= 11 is 0. The minimum atomic E-state index is 0.530. The smallest absolute Gasteiger partial charge is 0.198 e. The molecule has 0 bridgehead atoms. The number of hydrogen-bond acceptors (Lipinski definition) is 4. The quantitative estimate of drug-likeness (QED) is 0.195. The van der Waals surface area contributed by atoms with Gasteiger partial charge in [0.05, 0.1) is 22.4 Å². The third-order valence-electron chi connectivity index (χ3n) is 9.46. The molecule has 5 heteroatoms. The summed E-state index contributed by atoms with van der Waals surface area (Å²) in [6.45, 7) is 0. The summed E-state index contributed by atoms with van der Waals surface area (Å²) in [6.07, 6.45) is 3.31. The summed E-state index contributed by atoms with van der Waals surface area (Å²) in [5.74, 6) is 0. The number of benzene rings is 7. The van der Waals surface area contributed by atoms with Crippen molar-refractivity contribution in [3.05, 3.63) is 164 Å². The van der Waals surface area contributed by atoms with Gasteiger partial charge in [-0.2, -0.15) is 0 Å². The van der Waals surface area contributed by atoms with Crippen molar-refractivity contribution >= 4 is 54.6 Å². The summed E-state index contributed by atoms with van der Waals surface area (Å²) in [7, 11) is 0. The second kappa shape index (κ2) is 10.9. The van der Waals surface area contributed by atoms with E-state index >= 15 is 0 Å². The average Bonchev–Trinajstić information content (AvgIpc) is 3.49. The van der Waals surface area contributed by atoms with Gasteiger partial charge in [-0.1, -0.05) is 109 Å². The van der Waals surface area contributed by atoms with Crippen LogP contribution in [0.2, 0.25) is 0 Å². The lowest BCUT2D eigenvalue weighted by Gasteiger charge is -2.12. The topological polar surface area (TPSA) is 56.5 Å². The molecule has 10 aromatic rings. The van der Waals surface area contributed by atoms with Crippen molar-refractivity contribution in [1.82, 2.24) is 24.5 Å². The summed E-state index contributed by atoms with van der Waals surface area (Å²) in [5, 5.41) is 7.22. The maximum absolute atomic E-state index is 4.97. The molecule has 0 amide bonds. The second-order valence-corrected chi connectivity index (χ2v) is 12.4. The Morgan fingerprint density at radius 3 is 1.69 bits per heavy atom.